The van der Waals surface area contributed by atoms with E-state index in [1.54, 1.807) is 25.4 Å². The van der Waals surface area contributed by atoms with Crippen LogP contribution in [0.5, 0.6) is 5.75 Å². The van der Waals surface area contributed by atoms with Crippen molar-refractivity contribution in [3.63, 3.8) is 0 Å². The first-order chi connectivity index (χ1) is 21.4. The molecular formula is C34H43N7O3. The van der Waals surface area contributed by atoms with Crippen molar-refractivity contribution in [2.24, 2.45) is 0 Å². The van der Waals surface area contributed by atoms with Gasteiger partial charge in [0.05, 0.1) is 31.5 Å². The maximum Gasteiger partial charge on any atom is 0.251 e. The van der Waals surface area contributed by atoms with E-state index in [2.05, 4.69) is 44.6 Å². The molecule has 1 unspecified atom stereocenters. The van der Waals surface area contributed by atoms with Crippen molar-refractivity contribution in [2.45, 2.75) is 70.0 Å². The van der Waals surface area contributed by atoms with E-state index in [1.807, 2.05) is 36.1 Å². The summed E-state index contributed by atoms with van der Waals surface area (Å²) >= 11 is 0. The third-order valence-corrected chi connectivity index (χ3v) is 9.27. The standard InChI is InChI=1S/C34H43N7O3/c1-4-40-29-22-35-34(37-27-15-14-24(20-30(27)44-3)33(43)36-25-16-18-39(2)19-17-25)38-32(29)41(26-12-8-9-13-26)28(21-31(40)42)23-10-6-5-7-11-23/h5-7,10-11,14-15,20,22,25-26,28H,4,8-9,12-13,16-19,21H2,1-3H3,(H,36,43)(H,35,37,38). The highest BCUT2D eigenvalue weighted by Crippen LogP contribution is 2.44. The van der Waals surface area contributed by atoms with Gasteiger partial charge in [0.25, 0.3) is 5.91 Å². The van der Waals surface area contributed by atoms with E-state index < -0.39 is 0 Å². The van der Waals surface area contributed by atoms with Gasteiger partial charge < -0.3 is 30.1 Å². The lowest BCUT2D eigenvalue weighted by atomic mass is 9.99. The number of piperidine rings is 1. The van der Waals surface area contributed by atoms with Gasteiger partial charge in [0.15, 0.2) is 5.82 Å². The van der Waals surface area contributed by atoms with Crippen LogP contribution in [0.1, 0.15) is 73.8 Å². The molecule has 6 rings (SSSR count). The Hall–Kier alpha value is -4.18. The van der Waals surface area contributed by atoms with Crippen LogP contribution >= 0.6 is 0 Å². The first-order valence-electron chi connectivity index (χ1n) is 15.9. The Labute approximate surface area is 259 Å². The van der Waals surface area contributed by atoms with Gasteiger partial charge >= 0.3 is 0 Å². The highest BCUT2D eigenvalue weighted by molar-refractivity contribution is 5.98. The number of carbonyl (C=O) groups excluding carboxylic acids is 2. The molecule has 1 atom stereocenters. The van der Waals surface area contributed by atoms with E-state index >= 15 is 0 Å². The molecule has 10 nitrogen and oxygen atoms in total. The van der Waals surface area contributed by atoms with Gasteiger partial charge in [0, 0.05) is 24.2 Å². The van der Waals surface area contributed by atoms with Crippen LogP contribution in [0.3, 0.4) is 0 Å². The van der Waals surface area contributed by atoms with Crippen molar-refractivity contribution >= 4 is 35.0 Å². The summed E-state index contributed by atoms with van der Waals surface area (Å²) in [7, 11) is 3.70. The van der Waals surface area contributed by atoms with Crippen molar-refractivity contribution in [3.05, 3.63) is 65.9 Å². The second-order valence-corrected chi connectivity index (χ2v) is 12.1. The number of anilines is 4. The highest BCUT2D eigenvalue weighted by atomic mass is 16.5. The van der Waals surface area contributed by atoms with Crippen LogP contribution < -0.4 is 25.2 Å². The molecule has 3 aromatic rings. The molecule has 232 valence electrons. The van der Waals surface area contributed by atoms with Gasteiger partial charge in [-0.3, -0.25) is 9.59 Å². The normalized spacial score (nSPS) is 19.9. The number of ether oxygens (including phenoxy) is 1. The number of amides is 2. The summed E-state index contributed by atoms with van der Waals surface area (Å²) in [6, 6.07) is 16.0. The monoisotopic (exact) mass is 597 g/mol. The fraction of sp³-hybridized carbons (Fsp3) is 0.471. The molecule has 3 heterocycles. The minimum Gasteiger partial charge on any atom is -0.495 e. The zero-order valence-electron chi connectivity index (χ0n) is 26.0. The molecule has 1 saturated carbocycles. The van der Waals surface area contributed by atoms with Crippen LogP contribution in [0.25, 0.3) is 0 Å². The Kier molecular flexibility index (Phi) is 8.97. The predicted octanol–water partition coefficient (Wildman–Crippen LogP) is 5.30. The number of nitrogens with zero attached hydrogens (tertiary/aromatic N) is 5. The van der Waals surface area contributed by atoms with E-state index in [0.29, 0.717) is 35.9 Å². The maximum absolute atomic E-state index is 13.6. The second kappa shape index (κ2) is 13.2. The highest BCUT2D eigenvalue weighted by Gasteiger charge is 2.39. The minimum atomic E-state index is -0.123. The van der Waals surface area contributed by atoms with Gasteiger partial charge in [-0.15, -0.1) is 0 Å². The van der Waals surface area contributed by atoms with E-state index in [4.69, 9.17) is 9.72 Å². The van der Waals surface area contributed by atoms with Gasteiger partial charge in [0.2, 0.25) is 11.9 Å². The number of carbonyl (C=O) groups is 2. The zero-order valence-corrected chi connectivity index (χ0v) is 26.0. The number of fused-ring (bicyclic) bond motifs is 1. The van der Waals surface area contributed by atoms with Gasteiger partial charge in [0.1, 0.15) is 11.4 Å². The fourth-order valence-corrected chi connectivity index (χ4v) is 6.85. The summed E-state index contributed by atoms with van der Waals surface area (Å²) in [5.41, 5.74) is 3.05. The number of nitrogens with one attached hydrogen (secondary N) is 2. The molecule has 0 radical (unpaired) electrons. The number of hydrogen-bond donors (Lipinski definition) is 2. The largest absolute Gasteiger partial charge is 0.495 e. The van der Waals surface area contributed by atoms with Crippen molar-refractivity contribution < 1.29 is 14.3 Å². The summed E-state index contributed by atoms with van der Waals surface area (Å²) < 4.78 is 5.70. The van der Waals surface area contributed by atoms with Gasteiger partial charge in [-0.1, -0.05) is 43.2 Å². The second-order valence-electron chi connectivity index (χ2n) is 12.1. The van der Waals surface area contributed by atoms with Crippen LogP contribution in [0.15, 0.2) is 54.7 Å². The van der Waals surface area contributed by atoms with Crippen molar-refractivity contribution in [1.82, 2.24) is 20.2 Å². The van der Waals surface area contributed by atoms with E-state index in [9.17, 15) is 9.59 Å². The molecule has 2 aliphatic heterocycles. The Morgan fingerprint density at radius 1 is 1.05 bits per heavy atom. The molecule has 0 spiro atoms. The Balaban J connectivity index is 1.31. The van der Waals surface area contributed by atoms with Gasteiger partial charge in [-0.25, -0.2) is 4.98 Å². The molecular weight excluding hydrogens is 554 g/mol. The number of methoxy groups -OCH3 is 1. The third kappa shape index (κ3) is 6.22. The number of benzene rings is 2. The summed E-state index contributed by atoms with van der Waals surface area (Å²) in [4.78, 5) is 42.9. The maximum atomic E-state index is 13.6. The van der Waals surface area contributed by atoms with Crippen LogP contribution in [0.4, 0.5) is 23.1 Å². The molecule has 2 aromatic carbocycles. The summed E-state index contributed by atoms with van der Waals surface area (Å²) in [6.45, 7) is 4.49. The van der Waals surface area contributed by atoms with E-state index in [-0.39, 0.29) is 29.9 Å². The average molecular weight is 598 g/mol. The predicted molar refractivity (Wildman–Crippen MR) is 173 cm³/mol. The van der Waals surface area contributed by atoms with Crippen LogP contribution in [0, 0.1) is 0 Å². The Morgan fingerprint density at radius 2 is 1.80 bits per heavy atom. The lowest BCUT2D eigenvalue weighted by molar-refractivity contribution is -0.118. The summed E-state index contributed by atoms with van der Waals surface area (Å²) in [6.07, 6.45) is 8.47. The van der Waals surface area contributed by atoms with Crippen molar-refractivity contribution in [1.29, 1.82) is 0 Å². The molecule has 0 bridgehead atoms. The summed E-state index contributed by atoms with van der Waals surface area (Å²) in [5.74, 6) is 1.67. The first kappa shape index (κ1) is 29.9. The molecule has 2 amide bonds. The quantitative estimate of drug-likeness (QED) is 0.361. The van der Waals surface area contributed by atoms with E-state index in [0.717, 1.165) is 68.7 Å². The number of likely N-dealkylation sites (tertiary alicyclic amines) is 1. The van der Waals surface area contributed by atoms with Crippen molar-refractivity contribution in [3.8, 4) is 5.75 Å². The number of aromatic nitrogens is 2. The molecule has 1 saturated heterocycles. The minimum absolute atomic E-state index is 0.0724. The van der Waals surface area contributed by atoms with Crippen LogP contribution in [-0.2, 0) is 4.79 Å². The first-order valence-corrected chi connectivity index (χ1v) is 15.9. The van der Waals surface area contributed by atoms with E-state index in [1.165, 1.54) is 0 Å². The average Bonchev–Trinajstić information content (AvgIpc) is 3.54. The number of rotatable bonds is 8. The molecule has 2 fully saturated rings. The summed E-state index contributed by atoms with van der Waals surface area (Å²) in [5, 5.41) is 6.52. The van der Waals surface area contributed by atoms with Crippen LogP contribution in [-0.4, -0.2) is 72.6 Å². The SMILES string of the molecule is CCN1C(=O)CC(c2ccccc2)N(C2CCCC2)c2nc(Nc3ccc(C(=O)NC4CCN(C)CC4)cc3OC)ncc21. The zero-order chi connectivity index (χ0) is 30.6. The Bertz CT molecular complexity index is 1470. The Morgan fingerprint density at radius 3 is 2.50 bits per heavy atom. The molecule has 2 N–H and O–H groups in total. The lowest BCUT2D eigenvalue weighted by Crippen LogP contribution is -2.43. The van der Waals surface area contributed by atoms with Gasteiger partial charge in [-0.2, -0.15) is 4.98 Å². The molecule has 10 heteroatoms. The van der Waals surface area contributed by atoms with Crippen molar-refractivity contribution in [2.75, 3.05) is 48.9 Å². The molecule has 1 aromatic heterocycles. The smallest absolute Gasteiger partial charge is 0.251 e. The third-order valence-electron chi connectivity index (χ3n) is 9.27. The topological polar surface area (TPSA) is 103 Å². The number of hydrogen-bond acceptors (Lipinski definition) is 8. The molecule has 44 heavy (non-hydrogen) atoms. The van der Waals surface area contributed by atoms with Gasteiger partial charge in [-0.05, 0) is 76.5 Å². The molecule has 3 aliphatic rings. The van der Waals surface area contributed by atoms with Crippen LogP contribution in [0.2, 0.25) is 0 Å². The fourth-order valence-electron chi connectivity index (χ4n) is 6.85. The lowest BCUT2D eigenvalue weighted by Gasteiger charge is -2.37. The molecule has 1 aliphatic carbocycles.